The highest BCUT2D eigenvalue weighted by Crippen LogP contribution is 2.33. The molecule has 1 aliphatic rings. The standard InChI is InChI=1S/C18H19FN4S/c1-22-11-15(10-20-22)13-6-8-23(9-7-13)18-21-17(12-24-18)14-2-4-16(19)5-3-14/h2-5,10-13H,6-9H2,1H3. The van der Waals surface area contributed by atoms with Crippen molar-refractivity contribution in [1.82, 2.24) is 14.8 Å². The summed E-state index contributed by atoms with van der Waals surface area (Å²) < 4.78 is 14.9. The summed E-state index contributed by atoms with van der Waals surface area (Å²) >= 11 is 1.66. The molecule has 2 aromatic heterocycles. The largest absolute Gasteiger partial charge is 0.348 e. The Balaban J connectivity index is 1.43. The van der Waals surface area contributed by atoms with Crippen molar-refractivity contribution in [3.05, 3.63) is 53.4 Å². The highest BCUT2D eigenvalue weighted by molar-refractivity contribution is 7.14. The van der Waals surface area contributed by atoms with Crippen LogP contribution in [0.4, 0.5) is 9.52 Å². The predicted molar refractivity (Wildman–Crippen MR) is 94.9 cm³/mol. The molecule has 0 saturated carbocycles. The lowest BCUT2D eigenvalue weighted by atomic mass is 9.92. The number of piperidine rings is 1. The van der Waals surface area contributed by atoms with Crippen LogP contribution < -0.4 is 4.90 Å². The van der Waals surface area contributed by atoms with E-state index in [0.717, 1.165) is 42.3 Å². The Kier molecular flexibility index (Phi) is 4.06. The number of hydrogen-bond acceptors (Lipinski definition) is 4. The van der Waals surface area contributed by atoms with E-state index >= 15 is 0 Å². The number of thiazole rings is 1. The third-order valence-corrected chi connectivity index (χ3v) is 5.50. The molecule has 24 heavy (non-hydrogen) atoms. The third-order valence-electron chi connectivity index (χ3n) is 4.59. The van der Waals surface area contributed by atoms with Crippen molar-refractivity contribution in [2.75, 3.05) is 18.0 Å². The Morgan fingerprint density at radius 1 is 1.17 bits per heavy atom. The molecule has 0 aliphatic carbocycles. The molecule has 3 heterocycles. The van der Waals surface area contributed by atoms with Crippen molar-refractivity contribution >= 4 is 16.5 Å². The van der Waals surface area contributed by atoms with E-state index in [2.05, 4.69) is 21.6 Å². The van der Waals surface area contributed by atoms with Gasteiger partial charge in [0.15, 0.2) is 5.13 Å². The van der Waals surface area contributed by atoms with Crippen LogP contribution in [0, 0.1) is 5.82 Å². The van der Waals surface area contributed by atoms with Gasteiger partial charge in [-0.25, -0.2) is 9.37 Å². The van der Waals surface area contributed by atoms with Gasteiger partial charge in [0.05, 0.1) is 11.9 Å². The summed E-state index contributed by atoms with van der Waals surface area (Å²) in [5, 5.41) is 7.38. The number of halogens is 1. The third kappa shape index (κ3) is 3.06. The summed E-state index contributed by atoms with van der Waals surface area (Å²) in [6.45, 7) is 2.02. The van der Waals surface area contributed by atoms with Crippen LogP contribution in [0.5, 0.6) is 0 Å². The number of nitrogens with zero attached hydrogens (tertiary/aromatic N) is 4. The summed E-state index contributed by atoms with van der Waals surface area (Å²) in [4.78, 5) is 7.09. The molecular formula is C18H19FN4S. The van der Waals surface area contributed by atoms with Gasteiger partial charge in [-0.15, -0.1) is 11.3 Å². The summed E-state index contributed by atoms with van der Waals surface area (Å²) in [6, 6.07) is 6.52. The quantitative estimate of drug-likeness (QED) is 0.720. The van der Waals surface area contributed by atoms with Crippen molar-refractivity contribution in [3.63, 3.8) is 0 Å². The average Bonchev–Trinajstić information content (AvgIpc) is 3.25. The maximum absolute atomic E-state index is 13.0. The van der Waals surface area contributed by atoms with Gasteiger partial charge in [0.25, 0.3) is 0 Å². The van der Waals surface area contributed by atoms with Crippen LogP contribution >= 0.6 is 11.3 Å². The lowest BCUT2D eigenvalue weighted by molar-refractivity contribution is 0.505. The van der Waals surface area contributed by atoms with E-state index in [1.165, 1.54) is 17.7 Å². The number of aryl methyl sites for hydroxylation is 1. The van der Waals surface area contributed by atoms with Crippen LogP contribution in [0.25, 0.3) is 11.3 Å². The Bertz CT molecular complexity index is 816. The van der Waals surface area contributed by atoms with Crippen LogP contribution in [-0.4, -0.2) is 27.9 Å². The minimum atomic E-state index is -0.216. The van der Waals surface area contributed by atoms with Gasteiger partial charge in [-0.3, -0.25) is 4.68 Å². The van der Waals surface area contributed by atoms with E-state index in [9.17, 15) is 4.39 Å². The smallest absolute Gasteiger partial charge is 0.185 e. The second kappa shape index (κ2) is 6.36. The van der Waals surface area contributed by atoms with Gasteiger partial charge >= 0.3 is 0 Å². The lowest BCUT2D eigenvalue weighted by Gasteiger charge is -2.31. The summed E-state index contributed by atoms with van der Waals surface area (Å²) in [6.07, 6.45) is 6.35. The molecule has 1 aromatic carbocycles. The van der Waals surface area contributed by atoms with E-state index < -0.39 is 0 Å². The van der Waals surface area contributed by atoms with Crippen molar-refractivity contribution in [2.24, 2.45) is 7.05 Å². The summed E-state index contributed by atoms with van der Waals surface area (Å²) in [7, 11) is 1.96. The highest BCUT2D eigenvalue weighted by atomic mass is 32.1. The molecule has 0 atom stereocenters. The average molecular weight is 342 g/mol. The summed E-state index contributed by atoms with van der Waals surface area (Å²) in [5.41, 5.74) is 3.22. The van der Waals surface area contributed by atoms with Crippen molar-refractivity contribution in [3.8, 4) is 11.3 Å². The molecule has 0 amide bonds. The van der Waals surface area contributed by atoms with Gasteiger partial charge in [0, 0.05) is 37.3 Å². The van der Waals surface area contributed by atoms with Crippen molar-refractivity contribution < 1.29 is 4.39 Å². The number of aromatic nitrogens is 3. The Morgan fingerprint density at radius 2 is 1.92 bits per heavy atom. The van der Waals surface area contributed by atoms with Gasteiger partial charge in [0.2, 0.25) is 0 Å². The fourth-order valence-corrected chi connectivity index (χ4v) is 4.11. The maximum Gasteiger partial charge on any atom is 0.185 e. The first-order valence-electron chi connectivity index (χ1n) is 8.14. The zero-order valence-corrected chi connectivity index (χ0v) is 14.3. The molecule has 3 aromatic rings. The number of hydrogen-bond donors (Lipinski definition) is 0. The molecule has 0 spiro atoms. The summed E-state index contributed by atoms with van der Waals surface area (Å²) in [5.74, 6) is 0.373. The molecule has 4 nitrogen and oxygen atoms in total. The first-order chi connectivity index (χ1) is 11.7. The second-order valence-electron chi connectivity index (χ2n) is 6.23. The number of rotatable bonds is 3. The normalized spacial score (nSPS) is 15.8. The maximum atomic E-state index is 13.0. The zero-order valence-electron chi connectivity index (χ0n) is 13.5. The first kappa shape index (κ1) is 15.3. The van der Waals surface area contributed by atoms with Crippen LogP contribution in [-0.2, 0) is 7.05 Å². The second-order valence-corrected chi connectivity index (χ2v) is 7.07. The van der Waals surface area contributed by atoms with Gasteiger partial charge in [-0.1, -0.05) is 0 Å². The Morgan fingerprint density at radius 3 is 2.58 bits per heavy atom. The first-order valence-corrected chi connectivity index (χ1v) is 9.02. The van der Waals surface area contributed by atoms with Gasteiger partial charge in [0.1, 0.15) is 5.82 Å². The zero-order chi connectivity index (χ0) is 16.5. The van der Waals surface area contributed by atoms with Gasteiger partial charge in [-0.05, 0) is 48.6 Å². The van der Waals surface area contributed by atoms with Gasteiger partial charge in [-0.2, -0.15) is 5.10 Å². The Hall–Kier alpha value is -2.21. The molecule has 0 N–H and O–H groups in total. The Labute approximate surface area is 144 Å². The van der Waals surface area contributed by atoms with Crippen LogP contribution in [0.3, 0.4) is 0 Å². The SMILES string of the molecule is Cn1cc(C2CCN(c3nc(-c4ccc(F)cc4)cs3)CC2)cn1. The monoisotopic (exact) mass is 342 g/mol. The van der Waals surface area contributed by atoms with Crippen LogP contribution in [0.2, 0.25) is 0 Å². The van der Waals surface area contributed by atoms with E-state index in [4.69, 9.17) is 4.98 Å². The van der Waals surface area contributed by atoms with Crippen molar-refractivity contribution in [2.45, 2.75) is 18.8 Å². The molecular weight excluding hydrogens is 323 g/mol. The molecule has 0 bridgehead atoms. The number of benzene rings is 1. The molecule has 4 rings (SSSR count). The van der Waals surface area contributed by atoms with E-state index in [-0.39, 0.29) is 5.82 Å². The molecule has 1 fully saturated rings. The van der Waals surface area contributed by atoms with E-state index in [1.807, 2.05) is 17.9 Å². The highest BCUT2D eigenvalue weighted by Gasteiger charge is 2.23. The van der Waals surface area contributed by atoms with E-state index in [0.29, 0.717) is 5.92 Å². The van der Waals surface area contributed by atoms with Crippen molar-refractivity contribution in [1.29, 1.82) is 0 Å². The minimum absolute atomic E-state index is 0.216. The topological polar surface area (TPSA) is 34.0 Å². The van der Waals surface area contributed by atoms with Gasteiger partial charge < -0.3 is 4.90 Å². The van der Waals surface area contributed by atoms with E-state index in [1.54, 1.807) is 23.5 Å². The molecule has 124 valence electrons. The molecule has 1 saturated heterocycles. The fraction of sp³-hybridized carbons (Fsp3) is 0.333. The number of anilines is 1. The fourth-order valence-electron chi connectivity index (χ4n) is 3.22. The van der Waals surface area contributed by atoms with Crippen LogP contribution in [0.15, 0.2) is 42.0 Å². The molecule has 0 unspecified atom stereocenters. The molecule has 6 heteroatoms. The molecule has 1 aliphatic heterocycles. The molecule has 0 radical (unpaired) electrons. The predicted octanol–water partition coefficient (Wildman–Crippen LogP) is 4.07. The minimum Gasteiger partial charge on any atom is -0.348 e. The lowest BCUT2D eigenvalue weighted by Crippen LogP contribution is -2.32. The van der Waals surface area contributed by atoms with Crippen LogP contribution in [0.1, 0.15) is 24.3 Å².